The van der Waals surface area contributed by atoms with E-state index >= 15 is 0 Å². The Kier molecular flexibility index (Phi) is 5.38. The zero-order valence-electron chi connectivity index (χ0n) is 13.6. The van der Waals surface area contributed by atoms with Crippen molar-refractivity contribution in [3.05, 3.63) is 5.82 Å². The number of hydrogen-bond donors (Lipinski definition) is 1. The molecule has 24 heavy (non-hydrogen) atoms. The number of ether oxygens (including phenoxy) is 1. The maximum Gasteiger partial charge on any atom is 0.238 e. The van der Waals surface area contributed by atoms with Crippen LogP contribution in [0.5, 0.6) is 0 Å². The van der Waals surface area contributed by atoms with Crippen LogP contribution in [0.2, 0.25) is 0 Å². The summed E-state index contributed by atoms with van der Waals surface area (Å²) in [6.45, 7) is 4.88. The SMILES string of the molecule is N#Cc1nc(NCCCN2CCCC2=O)nc(N2CCOCC2)n1. The molecular weight excluding hydrogens is 310 g/mol. The minimum absolute atomic E-state index is 0.101. The van der Waals surface area contributed by atoms with E-state index in [9.17, 15) is 4.79 Å². The first-order valence-corrected chi connectivity index (χ1v) is 8.27. The number of anilines is 2. The molecule has 0 aromatic carbocycles. The molecule has 0 spiro atoms. The Morgan fingerprint density at radius 1 is 1.21 bits per heavy atom. The van der Waals surface area contributed by atoms with Gasteiger partial charge in [0.1, 0.15) is 6.07 Å². The Morgan fingerprint density at radius 3 is 2.75 bits per heavy atom. The van der Waals surface area contributed by atoms with Gasteiger partial charge >= 0.3 is 0 Å². The fourth-order valence-corrected chi connectivity index (χ4v) is 2.81. The lowest BCUT2D eigenvalue weighted by Gasteiger charge is -2.26. The van der Waals surface area contributed by atoms with Gasteiger partial charge in [0.15, 0.2) is 0 Å². The molecular formula is C15H21N7O2. The van der Waals surface area contributed by atoms with Crippen LogP contribution in [0.25, 0.3) is 0 Å². The number of morpholine rings is 1. The van der Waals surface area contributed by atoms with E-state index in [0.29, 0.717) is 51.2 Å². The quantitative estimate of drug-likeness (QED) is 0.726. The highest BCUT2D eigenvalue weighted by molar-refractivity contribution is 5.78. The first-order valence-electron chi connectivity index (χ1n) is 8.27. The summed E-state index contributed by atoms with van der Waals surface area (Å²) in [4.78, 5) is 28.1. The maximum atomic E-state index is 11.6. The van der Waals surface area contributed by atoms with Gasteiger partial charge in [-0.2, -0.15) is 20.2 Å². The standard InChI is InChI=1S/C15H21N7O2/c16-11-12-18-14(17-4-2-6-21-5-1-3-13(21)23)20-15(19-12)22-7-9-24-10-8-22/h1-10H2,(H,17,18,19,20). The van der Waals surface area contributed by atoms with E-state index < -0.39 is 0 Å². The third-order valence-electron chi connectivity index (χ3n) is 4.08. The molecule has 0 radical (unpaired) electrons. The fraction of sp³-hybridized carbons (Fsp3) is 0.667. The zero-order chi connectivity index (χ0) is 16.8. The molecule has 1 amide bonds. The van der Waals surface area contributed by atoms with Crippen molar-refractivity contribution in [3.63, 3.8) is 0 Å². The van der Waals surface area contributed by atoms with Gasteiger partial charge in [-0.15, -0.1) is 0 Å². The van der Waals surface area contributed by atoms with Gasteiger partial charge in [-0.1, -0.05) is 0 Å². The van der Waals surface area contributed by atoms with E-state index in [1.165, 1.54) is 0 Å². The maximum absolute atomic E-state index is 11.6. The van der Waals surface area contributed by atoms with E-state index in [-0.39, 0.29) is 11.7 Å². The smallest absolute Gasteiger partial charge is 0.238 e. The van der Waals surface area contributed by atoms with Crippen molar-refractivity contribution < 1.29 is 9.53 Å². The summed E-state index contributed by atoms with van der Waals surface area (Å²) in [5, 5.41) is 12.2. The van der Waals surface area contributed by atoms with Crippen molar-refractivity contribution in [3.8, 4) is 6.07 Å². The molecule has 2 aliphatic rings. The molecule has 0 saturated carbocycles. The molecule has 9 heteroatoms. The third kappa shape index (κ3) is 4.08. The number of carbonyl (C=O) groups excluding carboxylic acids is 1. The molecule has 2 saturated heterocycles. The molecule has 0 atom stereocenters. The summed E-state index contributed by atoms with van der Waals surface area (Å²) in [6, 6.07) is 1.97. The van der Waals surface area contributed by atoms with Gasteiger partial charge in [-0.25, -0.2) is 0 Å². The molecule has 0 aliphatic carbocycles. The number of carbonyl (C=O) groups is 1. The second kappa shape index (κ2) is 7.88. The zero-order valence-corrected chi connectivity index (χ0v) is 13.6. The number of likely N-dealkylation sites (tertiary alicyclic amines) is 1. The molecule has 0 bridgehead atoms. The van der Waals surface area contributed by atoms with E-state index in [0.717, 1.165) is 25.9 Å². The van der Waals surface area contributed by atoms with Crippen LogP contribution in [0.15, 0.2) is 0 Å². The first-order chi connectivity index (χ1) is 11.8. The van der Waals surface area contributed by atoms with Gasteiger partial charge in [0.25, 0.3) is 0 Å². The highest BCUT2D eigenvalue weighted by Crippen LogP contribution is 2.13. The van der Waals surface area contributed by atoms with Gasteiger partial charge in [0, 0.05) is 39.1 Å². The second-order valence-electron chi connectivity index (χ2n) is 5.76. The van der Waals surface area contributed by atoms with Gasteiger partial charge in [0.05, 0.1) is 13.2 Å². The Labute approximate surface area is 140 Å². The van der Waals surface area contributed by atoms with Crippen molar-refractivity contribution in [2.75, 3.05) is 56.2 Å². The average molecular weight is 331 g/mol. The highest BCUT2D eigenvalue weighted by Gasteiger charge is 2.19. The molecule has 3 heterocycles. The van der Waals surface area contributed by atoms with Crippen molar-refractivity contribution >= 4 is 17.8 Å². The summed E-state index contributed by atoms with van der Waals surface area (Å²) in [7, 11) is 0. The number of rotatable bonds is 6. The normalized spacial score (nSPS) is 17.9. The summed E-state index contributed by atoms with van der Waals surface area (Å²) in [5.74, 6) is 1.23. The van der Waals surface area contributed by atoms with Crippen LogP contribution in [0.3, 0.4) is 0 Å². The topological polar surface area (TPSA) is 107 Å². The van der Waals surface area contributed by atoms with Crippen molar-refractivity contribution in [2.24, 2.45) is 0 Å². The number of nitrogens with zero attached hydrogens (tertiary/aromatic N) is 6. The molecule has 0 unspecified atom stereocenters. The van der Waals surface area contributed by atoms with Crippen LogP contribution in [-0.4, -0.2) is 71.7 Å². The number of nitriles is 1. The van der Waals surface area contributed by atoms with E-state index in [1.54, 1.807) is 0 Å². The molecule has 3 rings (SSSR count). The molecule has 1 aromatic heterocycles. The molecule has 1 aromatic rings. The van der Waals surface area contributed by atoms with Crippen LogP contribution in [0.4, 0.5) is 11.9 Å². The fourth-order valence-electron chi connectivity index (χ4n) is 2.81. The van der Waals surface area contributed by atoms with Crippen LogP contribution in [-0.2, 0) is 9.53 Å². The summed E-state index contributed by atoms with van der Waals surface area (Å²) in [6.07, 6.45) is 2.43. The van der Waals surface area contributed by atoms with Gasteiger partial charge in [-0.3, -0.25) is 4.79 Å². The van der Waals surface area contributed by atoms with Crippen molar-refractivity contribution in [1.82, 2.24) is 19.9 Å². The third-order valence-corrected chi connectivity index (χ3v) is 4.08. The molecule has 2 fully saturated rings. The predicted octanol–water partition coefficient (Wildman–Crippen LogP) is 0.00428. The van der Waals surface area contributed by atoms with E-state index in [1.807, 2.05) is 15.9 Å². The lowest BCUT2D eigenvalue weighted by atomic mass is 10.4. The van der Waals surface area contributed by atoms with Gasteiger partial charge < -0.3 is 19.9 Å². The summed E-state index contributed by atoms with van der Waals surface area (Å²) in [5.41, 5.74) is 0. The average Bonchev–Trinajstić information content (AvgIpc) is 3.04. The van der Waals surface area contributed by atoms with Crippen LogP contribution >= 0.6 is 0 Å². The minimum Gasteiger partial charge on any atom is -0.378 e. The van der Waals surface area contributed by atoms with E-state index in [4.69, 9.17) is 10.00 Å². The van der Waals surface area contributed by atoms with Crippen molar-refractivity contribution in [2.45, 2.75) is 19.3 Å². The summed E-state index contributed by atoms with van der Waals surface area (Å²) >= 11 is 0. The largest absolute Gasteiger partial charge is 0.378 e. The second-order valence-corrected chi connectivity index (χ2v) is 5.76. The van der Waals surface area contributed by atoms with Crippen molar-refractivity contribution in [1.29, 1.82) is 5.26 Å². The van der Waals surface area contributed by atoms with Crippen LogP contribution < -0.4 is 10.2 Å². The number of amides is 1. The summed E-state index contributed by atoms with van der Waals surface area (Å²) < 4.78 is 5.32. The number of nitrogens with one attached hydrogen (secondary N) is 1. The molecule has 1 N–H and O–H groups in total. The van der Waals surface area contributed by atoms with Gasteiger partial charge in [0.2, 0.25) is 23.6 Å². The molecule has 9 nitrogen and oxygen atoms in total. The Balaban J connectivity index is 1.56. The monoisotopic (exact) mass is 331 g/mol. The minimum atomic E-state index is 0.101. The van der Waals surface area contributed by atoms with Crippen LogP contribution in [0.1, 0.15) is 25.1 Å². The lowest BCUT2D eigenvalue weighted by molar-refractivity contribution is -0.127. The molecule has 2 aliphatic heterocycles. The Bertz CT molecular complexity index is 625. The van der Waals surface area contributed by atoms with Crippen LogP contribution in [0, 0.1) is 11.3 Å². The van der Waals surface area contributed by atoms with Gasteiger partial charge in [-0.05, 0) is 12.8 Å². The van der Waals surface area contributed by atoms with E-state index in [2.05, 4.69) is 20.3 Å². The first kappa shape index (κ1) is 16.4. The molecule has 128 valence electrons. The highest BCUT2D eigenvalue weighted by atomic mass is 16.5. The lowest BCUT2D eigenvalue weighted by Crippen LogP contribution is -2.37. The number of aromatic nitrogens is 3. The predicted molar refractivity (Wildman–Crippen MR) is 86.5 cm³/mol. The Morgan fingerprint density at radius 2 is 2.04 bits per heavy atom. The number of hydrogen-bond acceptors (Lipinski definition) is 8. The Hall–Kier alpha value is -2.47.